The zero-order chi connectivity index (χ0) is 64.4. The third-order valence-corrected chi connectivity index (χ3v) is 22.0. The van der Waals surface area contributed by atoms with Crippen LogP contribution in [0.1, 0.15) is 203 Å². The second kappa shape index (κ2) is 32.7. The SMILES string of the molecule is CC(C)c1cc(P(c2cc(C(C)C)c(N(C)C)c(C(C)C)c2)c2ccc3ccccc3c2-c2c(P(c3cc(C(C)C)c(N(C)C)c(C(C)C)c3)c3cc(C(C)C)c(N(C)C)c(C(C)C)c3)ccc3ccccc23)cc(C(C)C)c1N(C)C.CN(C)C=O.[Cl-].[Cl-].[Ru+2]. The molecular weight excluding hydrogens is 1270 g/mol. The van der Waals surface area contributed by atoms with Crippen molar-refractivity contribution in [3.63, 3.8) is 0 Å². The number of rotatable bonds is 20. The first kappa shape index (κ1) is 77.5. The molecule has 90 heavy (non-hydrogen) atoms. The molecule has 0 fully saturated rings. The van der Waals surface area contributed by atoms with Crippen molar-refractivity contribution in [2.24, 2.45) is 0 Å². The molecule has 0 aliphatic rings. The predicted octanol–water partition coefficient (Wildman–Crippen LogP) is 12.1. The summed E-state index contributed by atoms with van der Waals surface area (Å²) >= 11 is 0. The van der Waals surface area contributed by atoms with Gasteiger partial charge in [0.15, 0.2) is 0 Å². The van der Waals surface area contributed by atoms with E-state index in [1.807, 2.05) is 0 Å². The summed E-state index contributed by atoms with van der Waals surface area (Å²) in [5.41, 5.74) is 19.5. The Morgan fingerprint density at radius 3 is 0.667 bits per heavy atom. The average molecular weight is 1380 g/mol. The molecule has 0 radical (unpaired) electrons. The number of carbonyl (C=O) groups is 1. The number of carbonyl (C=O) groups excluding carboxylic acids is 1. The Kier molecular flexibility index (Phi) is 28.2. The molecule has 0 bridgehead atoms. The second-order valence-electron chi connectivity index (χ2n) is 27.8. The Morgan fingerprint density at radius 2 is 0.500 bits per heavy atom. The van der Waals surface area contributed by atoms with Gasteiger partial charge in [-0.1, -0.05) is 184 Å². The van der Waals surface area contributed by atoms with E-state index >= 15 is 0 Å². The van der Waals surface area contributed by atoms with Crippen molar-refractivity contribution in [3.05, 3.63) is 166 Å². The third kappa shape index (κ3) is 16.3. The standard InChI is InChI=1S/C76H100N4P2.C3H7NO.2ClH.Ru/c1-45(2)61-37-55(38-62(46(3)4)73(61)77(17)18)81(56-39-63(47(5)6)74(78(19)20)64(40-56)48(7)8)69-35-33-53-29-25-27-31-59(53)71(69)72-60-32-28-26-30-54(60)34-36-70(72)82(57-41-65(49(9)10)75(79(21)22)66(42-57)50(11)12)58-43-67(51(13)14)76(80(23)24)68(44-58)52(15)16;1-4(2)3-5;;;/h25-52H,1-24H3;3H,1-2H3;2*1H;/q;;;;+2/p-2. The van der Waals surface area contributed by atoms with Crippen LogP contribution in [0.5, 0.6) is 0 Å². The Bertz CT molecular complexity index is 3230. The molecule has 0 atom stereocenters. The van der Waals surface area contributed by atoms with Gasteiger partial charge in [-0.2, -0.15) is 0 Å². The molecule has 0 unspecified atom stereocenters. The van der Waals surface area contributed by atoms with Crippen LogP contribution in [0.25, 0.3) is 32.7 Å². The van der Waals surface area contributed by atoms with Crippen molar-refractivity contribution in [1.82, 2.24) is 4.90 Å². The molecule has 1 amide bonds. The smallest absolute Gasteiger partial charge is 1.00 e. The van der Waals surface area contributed by atoms with E-state index in [1.165, 1.54) is 137 Å². The van der Waals surface area contributed by atoms with Gasteiger partial charge in [-0.15, -0.1) is 0 Å². The molecule has 0 aliphatic carbocycles. The number of benzene rings is 8. The van der Waals surface area contributed by atoms with Crippen LogP contribution in [0.4, 0.5) is 22.7 Å². The van der Waals surface area contributed by atoms with E-state index in [0.717, 1.165) is 6.41 Å². The summed E-state index contributed by atoms with van der Waals surface area (Å²) in [4.78, 5) is 20.4. The molecule has 8 rings (SSSR count). The zero-order valence-corrected chi connectivity index (χ0v) is 64.4. The first-order valence-electron chi connectivity index (χ1n) is 32.1. The van der Waals surface area contributed by atoms with E-state index in [4.69, 9.17) is 0 Å². The topological polar surface area (TPSA) is 33.3 Å². The Morgan fingerprint density at radius 1 is 0.311 bits per heavy atom. The minimum Gasteiger partial charge on any atom is -1.00 e. The summed E-state index contributed by atoms with van der Waals surface area (Å²) in [6.45, 7) is 38.3. The van der Waals surface area contributed by atoms with Crippen LogP contribution >= 0.6 is 15.8 Å². The summed E-state index contributed by atoms with van der Waals surface area (Å²) in [7, 11) is 18.9. The average Bonchev–Trinajstić information content (AvgIpc) is 0.899. The number of anilines is 4. The number of hydrogen-bond acceptors (Lipinski definition) is 5. The van der Waals surface area contributed by atoms with Crippen LogP contribution in [0.2, 0.25) is 0 Å². The fourth-order valence-electron chi connectivity index (χ4n) is 13.0. The van der Waals surface area contributed by atoms with Crippen LogP contribution in [-0.4, -0.2) is 81.8 Å². The quantitative estimate of drug-likeness (QED) is 0.0431. The van der Waals surface area contributed by atoms with Crippen LogP contribution in [0, 0.1) is 0 Å². The van der Waals surface area contributed by atoms with Gasteiger partial charge >= 0.3 is 19.5 Å². The van der Waals surface area contributed by atoms with E-state index in [0.29, 0.717) is 47.3 Å². The Labute approximate surface area is 573 Å². The van der Waals surface area contributed by atoms with Gasteiger partial charge in [-0.25, -0.2) is 0 Å². The van der Waals surface area contributed by atoms with Crippen molar-refractivity contribution in [3.8, 4) is 11.1 Å². The first-order chi connectivity index (χ1) is 40.9. The van der Waals surface area contributed by atoms with Crippen molar-refractivity contribution in [1.29, 1.82) is 0 Å². The van der Waals surface area contributed by atoms with Gasteiger partial charge < -0.3 is 49.3 Å². The maximum atomic E-state index is 9.43. The van der Waals surface area contributed by atoms with Gasteiger partial charge in [-0.05, 0) is 221 Å². The molecule has 8 aromatic carbocycles. The van der Waals surface area contributed by atoms with Crippen molar-refractivity contribution >= 4 is 98.4 Å². The molecule has 0 spiro atoms. The van der Waals surface area contributed by atoms with Gasteiger partial charge in [0.25, 0.3) is 0 Å². The number of hydrogen-bond donors (Lipinski definition) is 0. The molecule has 0 heterocycles. The molecular formula is C79H107Cl2N5OP2Ru. The van der Waals surface area contributed by atoms with Gasteiger partial charge in [0, 0.05) is 93.2 Å². The maximum Gasteiger partial charge on any atom is 2.00 e. The van der Waals surface area contributed by atoms with E-state index in [2.05, 4.69) is 308 Å². The van der Waals surface area contributed by atoms with Crippen molar-refractivity contribution < 1.29 is 49.1 Å². The monoisotopic (exact) mass is 1380 g/mol. The van der Waals surface area contributed by atoms with Crippen molar-refractivity contribution in [2.75, 3.05) is 90.1 Å². The molecule has 0 saturated carbocycles. The maximum absolute atomic E-state index is 9.43. The molecule has 0 aliphatic heterocycles. The van der Waals surface area contributed by atoms with E-state index < -0.39 is 15.8 Å². The Hall–Kier alpha value is -4.99. The third-order valence-electron chi connectivity index (χ3n) is 17.2. The summed E-state index contributed by atoms with van der Waals surface area (Å²) in [6, 6.07) is 49.8. The summed E-state index contributed by atoms with van der Waals surface area (Å²) in [5, 5.41) is 13.6. The number of nitrogens with zero attached hydrogens (tertiary/aromatic N) is 5. The van der Waals surface area contributed by atoms with Gasteiger partial charge in [0.1, 0.15) is 0 Å². The molecule has 0 saturated heterocycles. The number of amides is 1. The largest absolute Gasteiger partial charge is 2.00 e. The summed E-state index contributed by atoms with van der Waals surface area (Å²) in [6.07, 6.45) is 0.750. The fourth-order valence-corrected chi connectivity index (χ4v) is 18.2. The van der Waals surface area contributed by atoms with Gasteiger partial charge in [0.05, 0.1) is 0 Å². The molecule has 8 aromatic rings. The van der Waals surface area contributed by atoms with Gasteiger partial charge in [-0.3, -0.25) is 4.79 Å². The minimum absolute atomic E-state index is 0. The first-order valence-corrected chi connectivity index (χ1v) is 34.8. The van der Waals surface area contributed by atoms with Crippen LogP contribution in [0.3, 0.4) is 0 Å². The predicted molar refractivity (Wildman–Crippen MR) is 394 cm³/mol. The normalized spacial score (nSPS) is 11.6. The van der Waals surface area contributed by atoms with Crippen LogP contribution in [-0.2, 0) is 24.3 Å². The van der Waals surface area contributed by atoms with Crippen LogP contribution < -0.4 is 76.2 Å². The summed E-state index contributed by atoms with van der Waals surface area (Å²) in [5.74, 6) is 2.56. The fraction of sp³-hybridized carbons (Fsp3) is 0.430. The molecule has 486 valence electrons. The van der Waals surface area contributed by atoms with Crippen LogP contribution in [0.15, 0.2) is 121 Å². The molecule has 0 aromatic heterocycles. The molecule has 11 heteroatoms. The minimum atomic E-state index is -1.21. The zero-order valence-electron chi connectivity index (χ0n) is 59.4. The van der Waals surface area contributed by atoms with Gasteiger partial charge in [0.2, 0.25) is 6.41 Å². The Balaban J connectivity index is 0.00000208. The molecule has 6 nitrogen and oxygen atoms in total. The van der Waals surface area contributed by atoms with Crippen molar-refractivity contribution in [2.45, 2.75) is 158 Å². The number of fused-ring (bicyclic) bond motifs is 2. The van der Waals surface area contributed by atoms with E-state index in [9.17, 15) is 4.79 Å². The van der Waals surface area contributed by atoms with E-state index in [-0.39, 0.29) is 44.3 Å². The number of halogens is 2. The molecule has 0 N–H and O–H groups in total. The summed E-state index contributed by atoms with van der Waals surface area (Å²) < 4.78 is 0. The second-order valence-corrected chi connectivity index (χ2v) is 32.2. The van der Waals surface area contributed by atoms with E-state index in [1.54, 1.807) is 14.1 Å².